The molecule has 2 heteroatoms. The molecule has 0 aliphatic heterocycles. The number of benzene rings is 1. The van der Waals surface area contributed by atoms with Gasteiger partial charge in [0.2, 0.25) is 0 Å². The Balaban J connectivity index is 1.72. The summed E-state index contributed by atoms with van der Waals surface area (Å²) < 4.78 is 14.2. The van der Waals surface area contributed by atoms with Crippen molar-refractivity contribution in [2.24, 2.45) is 17.8 Å². The maximum atomic E-state index is 14.2. The minimum absolute atomic E-state index is 0.193. The predicted molar refractivity (Wildman–Crippen MR) is 82.3 cm³/mol. The quantitative estimate of drug-likeness (QED) is 0.716. The lowest BCUT2D eigenvalue weighted by Gasteiger charge is -2.36. The van der Waals surface area contributed by atoms with Crippen molar-refractivity contribution >= 4 is 0 Å². The van der Waals surface area contributed by atoms with Gasteiger partial charge in [-0.05, 0) is 79.9 Å². The Labute approximate surface area is 126 Å². The highest BCUT2D eigenvalue weighted by atomic mass is 19.1. The fourth-order valence-corrected chi connectivity index (χ4v) is 4.18. The number of fused-ring (bicyclic) bond motifs is 1. The van der Waals surface area contributed by atoms with Crippen molar-refractivity contribution in [1.82, 2.24) is 0 Å². The van der Waals surface area contributed by atoms with Crippen LogP contribution in [0.2, 0.25) is 0 Å². The summed E-state index contributed by atoms with van der Waals surface area (Å²) in [4.78, 5) is 0. The first-order valence-corrected chi connectivity index (χ1v) is 8.05. The molecule has 0 saturated heterocycles. The third-order valence-electron chi connectivity index (χ3n) is 5.52. The average molecular weight is 283 g/mol. The summed E-state index contributed by atoms with van der Waals surface area (Å²) in [6.45, 7) is 3.91. The van der Waals surface area contributed by atoms with Crippen molar-refractivity contribution in [3.8, 4) is 6.07 Å². The molecule has 0 amide bonds. The van der Waals surface area contributed by atoms with Crippen molar-refractivity contribution in [2.75, 3.05) is 0 Å². The summed E-state index contributed by atoms with van der Waals surface area (Å²) in [5.41, 5.74) is 2.12. The summed E-state index contributed by atoms with van der Waals surface area (Å²) in [5, 5.41) is 8.93. The third-order valence-corrected chi connectivity index (χ3v) is 5.52. The van der Waals surface area contributed by atoms with Crippen LogP contribution in [0.3, 0.4) is 0 Å². The lowest BCUT2D eigenvalue weighted by Crippen LogP contribution is -2.26. The summed E-state index contributed by atoms with van der Waals surface area (Å²) in [7, 11) is 0. The number of hydrogen-bond acceptors (Lipinski definition) is 1. The zero-order chi connectivity index (χ0) is 14.8. The molecular weight excluding hydrogens is 261 g/mol. The van der Waals surface area contributed by atoms with E-state index >= 15 is 0 Å². The Morgan fingerprint density at radius 2 is 1.90 bits per heavy atom. The molecular formula is C19H22FN. The molecule has 3 rings (SSSR count). The van der Waals surface area contributed by atoms with Gasteiger partial charge in [0.25, 0.3) is 0 Å². The van der Waals surface area contributed by atoms with Gasteiger partial charge in [0.15, 0.2) is 0 Å². The number of nitrogens with zero attached hydrogens (tertiary/aromatic N) is 1. The van der Waals surface area contributed by atoms with Gasteiger partial charge in [0.1, 0.15) is 11.9 Å². The Morgan fingerprint density at radius 3 is 2.57 bits per heavy atom. The molecule has 0 aromatic heterocycles. The van der Waals surface area contributed by atoms with E-state index < -0.39 is 0 Å². The van der Waals surface area contributed by atoms with Gasteiger partial charge in [-0.2, -0.15) is 5.26 Å². The molecule has 1 aromatic rings. The molecule has 1 fully saturated rings. The second-order valence-corrected chi connectivity index (χ2v) is 6.59. The molecule has 1 saturated carbocycles. The van der Waals surface area contributed by atoms with Crippen LogP contribution in [0.15, 0.2) is 24.8 Å². The number of allylic oxidation sites excluding steroid dienone is 1. The second kappa shape index (κ2) is 6.02. The summed E-state index contributed by atoms with van der Waals surface area (Å²) in [5.74, 6) is 1.90. The Kier molecular flexibility index (Phi) is 4.10. The fourth-order valence-electron chi connectivity index (χ4n) is 4.18. The number of halogens is 1. The smallest absolute Gasteiger partial charge is 0.144 e. The van der Waals surface area contributed by atoms with E-state index in [1.807, 2.05) is 12.1 Å². The molecule has 21 heavy (non-hydrogen) atoms. The molecule has 0 bridgehead atoms. The third kappa shape index (κ3) is 2.75. The van der Waals surface area contributed by atoms with Crippen LogP contribution in [-0.2, 0) is 12.8 Å². The van der Waals surface area contributed by atoms with Crippen molar-refractivity contribution in [2.45, 2.75) is 44.9 Å². The number of rotatable bonds is 2. The highest BCUT2D eigenvalue weighted by Gasteiger charge is 2.30. The molecule has 1 atom stereocenters. The Bertz CT molecular complexity index is 576. The molecule has 1 unspecified atom stereocenters. The monoisotopic (exact) mass is 283 g/mol. The van der Waals surface area contributed by atoms with Gasteiger partial charge in [-0.3, -0.25) is 0 Å². The topological polar surface area (TPSA) is 23.8 Å². The lowest BCUT2D eigenvalue weighted by atomic mass is 9.69. The van der Waals surface area contributed by atoms with Gasteiger partial charge >= 0.3 is 0 Å². The van der Waals surface area contributed by atoms with Gasteiger partial charge in [0.05, 0.1) is 5.56 Å². The van der Waals surface area contributed by atoms with Crippen LogP contribution in [0.1, 0.15) is 48.8 Å². The van der Waals surface area contributed by atoms with Crippen LogP contribution in [0.25, 0.3) is 0 Å². The minimum Gasteiger partial charge on any atom is -0.205 e. The highest BCUT2D eigenvalue weighted by Crippen LogP contribution is 2.40. The lowest BCUT2D eigenvalue weighted by molar-refractivity contribution is 0.205. The first kappa shape index (κ1) is 14.3. The normalized spacial score (nSPS) is 28.5. The van der Waals surface area contributed by atoms with Crippen LogP contribution < -0.4 is 0 Å². The molecule has 0 N–H and O–H groups in total. The largest absolute Gasteiger partial charge is 0.205 e. The van der Waals surface area contributed by atoms with Crippen molar-refractivity contribution < 1.29 is 4.39 Å². The number of hydrogen-bond donors (Lipinski definition) is 0. The average Bonchev–Trinajstić information content (AvgIpc) is 2.55. The summed E-state index contributed by atoms with van der Waals surface area (Å²) in [6.07, 6.45) is 10.1. The van der Waals surface area contributed by atoms with Crippen LogP contribution >= 0.6 is 0 Å². The molecule has 110 valence electrons. The molecule has 1 nitrogen and oxygen atoms in total. The molecule has 1 aromatic carbocycles. The van der Waals surface area contributed by atoms with Crippen molar-refractivity contribution in [1.29, 1.82) is 5.26 Å². The zero-order valence-electron chi connectivity index (χ0n) is 12.4. The fraction of sp³-hybridized carbons (Fsp3) is 0.526. The van der Waals surface area contributed by atoms with Crippen LogP contribution in [-0.4, -0.2) is 0 Å². The van der Waals surface area contributed by atoms with Crippen LogP contribution in [0, 0.1) is 34.9 Å². The molecule has 2 aliphatic rings. The van der Waals surface area contributed by atoms with Crippen LogP contribution in [0.4, 0.5) is 4.39 Å². The van der Waals surface area contributed by atoms with Gasteiger partial charge in [-0.15, -0.1) is 6.58 Å². The van der Waals surface area contributed by atoms with E-state index in [2.05, 4.69) is 12.7 Å². The van der Waals surface area contributed by atoms with Crippen LogP contribution in [0.5, 0.6) is 0 Å². The van der Waals surface area contributed by atoms with Gasteiger partial charge in [0, 0.05) is 0 Å². The second-order valence-electron chi connectivity index (χ2n) is 6.59. The maximum Gasteiger partial charge on any atom is 0.144 e. The predicted octanol–water partition coefficient (Wildman–Crippen LogP) is 4.79. The van der Waals surface area contributed by atoms with E-state index in [0.717, 1.165) is 36.3 Å². The van der Waals surface area contributed by atoms with Gasteiger partial charge in [-0.1, -0.05) is 12.1 Å². The molecule has 0 spiro atoms. The van der Waals surface area contributed by atoms with Crippen molar-refractivity contribution in [3.05, 3.63) is 47.3 Å². The standard InChI is InChI=1S/C19H22FN/c1-2-13-3-5-14(6-4-13)15-9-10-18-16(11-15)7-8-17(12-21)19(18)20/h2,7-8,13-15H,1,3-6,9-11H2. The van der Waals surface area contributed by atoms with Crippen molar-refractivity contribution in [3.63, 3.8) is 0 Å². The Hall–Kier alpha value is -1.62. The summed E-state index contributed by atoms with van der Waals surface area (Å²) in [6, 6.07) is 5.56. The van der Waals surface area contributed by atoms with Gasteiger partial charge < -0.3 is 0 Å². The zero-order valence-corrected chi connectivity index (χ0v) is 12.4. The van der Waals surface area contributed by atoms with Gasteiger partial charge in [-0.25, -0.2) is 4.39 Å². The maximum absolute atomic E-state index is 14.2. The van der Waals surface area contributed by atoms with E-state index in [1.54, 1.807) is 6.07 Å². The number of nitriles is 1. The molecule has 2 aliphatic carbocycles. The minimum atomic E-state index is -0.274. The van der Waals surface area contributed by atoms with E-state index in [1.165, 1.54) is 25.7 Å². The first-order valence-electron chi connectivity index (χ1n) is 8.05. The molecule has 0 heterocycles. The summed E-state index contributed by atoms with van der Waals surface area (Å²) >= 11 is 0. The molecule has 0 radical (unpaired) electrons. The van der Waals surface area contributed by atoms with E-state index in [4.69, 9.17) is 5.26 Å². The van der Waals surface area contributed by atoms with E-state index in [-0.39, 0.29) is 11.4 Å². The SMILES string of the molecule is C=CC1CCC(C2CCc3c(ccc(C#N)c3F)C2)CC1. The Morgan fingerprint density at radius 1 is 1.14 bits per heavy atom. The van der Waals surface area contributed by atoms with E-state index in [0.29, 0.717) is 11.8 Å². The highest BCUT2D eigenvalue weighted by molar-refractivity contribution is 5.41. The van der Waals surface area contributed by atoms with E-state index in [9.17, 15) is 4.39 Å². The first-order chi connectivity index (χ1) is 10.2.